The van der Waals surface area contributed by atoms with E-state index < -0.39 is 0 Å². The predicted molar refractivity (Wildman–Crippen MR) is 65.2 cm³/mol. The highest BCUT2D eigenvalue weighted by molar-refractivity contribution is 6.30. The van der Waals surface area contributed by atoms with Gasteiger partial charge in [-0.1, -0.05) is 36.6 Å². The van der Waals surface area contributed by atoms with Gasteiger partial charge in [0.25, 0.3) is 0 Å². The van der Waals surface area contributed by atoms with Crippen LogP contribution in [0.4, 0.5) is 4.39 Å². The molecule has 0 aromatic heterocycles. The summed E-state index contributed by atoms with van der Waals surface area (Å²) in [6.07, 6.45) is 4.96. The summed E-state index contributed by atoms with van der Waals surface area (Å²) in [4.78, 5) is 0. The van der Waals surface area contributed by atoms with Crippen LogP contribution in [0.2, 0.25) is 5.02 Å². The number of hydrogen-bond donors (Lipinski definition) is 1. The zero-order chi connectivity index (χ0) is 11.5. The summed E-state index contributed by atoms with van der Waals surface area (Å²) >= 11 is 5.77. The molecule has 1 unspecified atom stereocenters. The standard InChI is InChI=1S/C13H17ClFN/c1-9(16-10-5-2-3-6-10)11-7-4-8-12(14)13(11)15/h4,7-10,16H,2-3,5-6H2,1H3. The Bertz CT molecular complexity index is 361. The molecule has 1 aromatic carbocycles. The fourth-order valence-corrected chi connectivity index (χ4v) is 2.57. The minimum absolute atomic E-state index is 0.0294. The lowest BCUT2D eigenvalue weighted by molar-refractivity contribution is 0.447. The summed E-state index contributed by atoms with van der Waals surface area (Å²) in [6, 6.07) is 5.75. The van der Waals surface area contributed by atoms with E-state index in [1.807, 2.05) is 6.92 Å². The van der Waals surface area contributed by atoms with Crippen molar-refractivity contribution >= 4 is 11.6 Å². The molecule has 0 amide bonds. The van der Waals surface area contributed by atoms with Gasteiger partial charge in [-0.15, -0.1) is 0 Å². The van der Waals surface area contributed by atoms with Gasteiger partial charge in [0.05, 0.1) is 5.02 Å². The third kappa shape index (κ3) is 2.55. The molecule has 1 aliphatic rings. The Labute approximate surface area is 101 Å². The lowest BCUT2D eigenvalue weighted by Gasteiger charge is -2.20. The molecule has 0 saturated heterocycles. The second kappa shape index (κ2) is 5.15. The zero-order valence-corrected chi connectivity index (χ0v) is 10.2. The van der Waals surface area contributed by atoms with E-state index in [1.54, 1.807) is 18.2 Å². The van der Waals surface area contributed by atoms with Gasteiger partial charge in [-0.25, -0.2) is 4.39 Å². The maximum absolute atomic E-state index is 13.8. The van der Waals surface area contributed by atoms with Crippen molar-refractivity contribution in [3.05, 3.63) is 34.6 Å². The van der Waals surface area contributed by atoms with Crippen molar-refractivity contribution in [2.75, 3.05) is 0 Å². The van der Waals surface area contributed by atoms with Crippen molar-refractivity contribution in [2.45, 2.75) is 44.7 Å². The molecule has 1 saturated carbocycles. The highest BCUT2D eigenvalue weighted by atomic mass is 35.5. The fraction of sp³-hybridized carbons (Fsp3) is 0.538. The van der Waals surface area contributed by atoms with Crippen molar-refractivity contribution < 1.29 is 4.39 Å². The van der Waals surface area contributed by atoms with E-state index in [9.17, 15) is 4.39 Å². The van der Waals surface area contributed by atoms with E-state index in [-0.39, 0.29) is 16.9 Å². The highest BCUT2D eigenvalue weighted by Crippen LogP contribution is 2.26. The molecule has 0 radical (unpaired) electrons. The van der Waals surface area contributed by atoms with E-state index in [1.165, 1.54) is 25.7 Å². The first-order valence-corrected chi connectivity index (χ1v) is 6.26. The Balaban J connectivity index is 2.07. The van der Waals surface area contributed by atoms with Gasteiger partial charge in [-0.3, -0.25) is 0 Å². The Hall–Kier alpha value is -0.600. The second-order valence-corrected chi connectivity index (χ2v) is 4.92. The molecule has 1 fully saturated rings. The van der Waals surface area contributed by atoms with E-state index in [0.29, 0.717) is 11.6 Å². The topological polar surface area (TPSA) is 12.0 Å². The van der Waals surface area contributed by atoms with E-state index in [0.717, 1.165) is 0 Å². The third-order valence-corrected chi connectivity index (χ3v) is 3.58. The number of nitrogens with one attached hydrogen (secondary N) is 1. The van der Waals surface area contributed by atoms with Crippen LogP contribution in [0.25, 0.3) is 0 Å². The maximum atomic E-state index is 13.8. The minimum Gasteiger partial charge on any atom is -0.307 e. The number of benzene rings is 1. The Morgan fingerprint density at radius 3 is 2.75 bits per heavy atom. The average Bonchev–Trinajstić information content (AvgIpc) is 2.74. The SMILES string of the molecule is CC(NC1CCCC1)c1cccc(Cl)c1F. The van der Waals surface area contributed by atoms with Crippen LogP contribution >= 0.6 is 11.6 Å². The van der Waals surface area contributed by atoms with Crippen LogP contribution in [0.1, 0.15) is 44.2 Å². The molecule has 0 bridgehead atoms. The number of hydrogen-bond acceptors (Lipinski definition) is 1. The van der Waals surface area contributed by atoms with Crippen molar-refractivity contribution in [3.8, 4) is 0 Å². The third-order valence-electron chi connectivity index (χ3n) is 3.29. The van der Waals surface area contributed by atoms with Crippen molar-refractivity contribution in [3.63, 3.8) is 0 Å². The maximum Gasteiger partial charge on any atom is 0.146 e. The van der Waals surface area contributed by atoms with Crippen LogP contribution in [0.15, 0.2) is 18.2 Å². The van der Waals surface area contributed by atoms with Gasteiger partial charge >= 0.3 is 0 Å². The van der Waals surface area contributed by atoms with Gasteiger partial charge in [0.15, 0.2) is 0 Å². The van der Waals surface area contributed by atoms with Gasteiger partial charge in [0, 0.05) is 17.6 Å². The lowest BCUT2D eigenvalue weighted by Crippen LogP contribution is -2.29. The normalized spacial score (nSPS) is 18.9. The molecule has 1 nitrogen and oxygen atoms in total. The average molecular weight is 242 g/mol. The Morgan fingerprint density at radius 1 is 1.38 bits per heavy atom. The van der Waals surface area contributed by atoms with Crippen molar-refractivity contribution in [1.82, 2.24) is 5.32 Å². The van der Waals surface area contributed by atoms with Crippen LogP contribution in [-0.2, 0) is 0 Å². The smallest absolute Gasteiger partial charge is 0.146 e. The molecule has 0 aliphatic heterocycles. The summed E-state index contributed by atoms with van der Waals surface area (Å²) < 4.78 is 13.8. The first kappa shape index (κ1) is 11.9. The van der Waals surface area contributed by atoms with Gasteiger partial charge < -0.3 is 5.32 Å². The monoisotopic (exact) mass is 241 g/mol. The summed E-state index contributed by atoms with van der Waals surface area (Å²) in [5.41, 5.74) is 0.666. The number of rotatable bonds is 3. The fourth-order valence-electron chi connectivity index (χ4n) is 2.39. The number of halogens is 2. The first-order chi connectivity index (χ1) is 7.68. The van der Waals surface area contributed by atoms with Crippen LogP contribution in [-0.4, -0.2) is 6.04 Å². The minimum atomic E-state index is -0.290. The molecule has 0 heterocycles. The molecule has 0 spiro atoms. The van der Waals surface area contributed by atoms with Gasteiger partial charge in [0.2, 0.25) is 0 Å². The van der Waals surface area contributed by atoms with Gasteiger partial charge in [0.1, 0.15) is 5.82 Å². The molecule has 3 heteroatoms. The molecule has 1 N–H and O–H groups in total. The van der Waals surface area contributed by atoms with E-state index in [4.69, 9.17) is 11.6 Å². The predicted octanol–water partition coefficient (Wildman–Crippen LogP) is 4.07. The molecule has 2 rings (SSSR count). The first-order valence-electron chi connectivity index (χ1n) is 5.88. The zero-order valence-electron chi connectivity index (χ0n) is 9.47. The van der Waals surface area contributed by atoms with Crippen LogP contribution < -0.4 is 5.32 Å². The van der Waals surface area contributed by atoms with E-state index >= 15 is 0 Å². The summed E-state index contributed by atoms with van der Waals surface area (Å²) in [5.74, 6) is -0.290. The quantitative estimate of drug-likeness (QED) is 0.841. The highest BCUT2D eigenvalue weighted by Gasteiger charge is 2.19. The summed E-state index contributed by atoms with van der Waals surface area (Å²) in [5, 5.41) is 3.67. The lowest BCUT2D eigenvalue weighted by atomic mass is 10.1. The van der Waals surface area contributed by atoms with Crippen LogP contribution in [0.5, 0.6) is 0 Å². The Morgan fingerprint density at radius 2 is 2.06 bits per heavy atom. The molecule has 88 valence electrons. The molecule has 1 atom stereocenters. The molecule has 16 heavy (non-hydrogen) atoms. The van der Waals surface area contributed by atoms with Crippen molar-refractivity contribution in [2.24, 2.45) is 0 Å². The van der Waals surface area contributed by atoms with E-state index in [2.05, 4.69) is 5.32 Å². The molecule has 1 aromatic rings. The molecular formula is C13H17ClFN. The summed E-state index contributed by atoms with van der Waals surface area (Å²) in [7, 11) is 0. The largest absolute Gasteiger partial charge is 0.307 e. The van der Waals surface area contributed by atoms with Crippen LogP contribution in [0, 0.1) is 5.82 Å². The second-order valence-electron chi connectivity index (χ2n) is 4.51. The Kier molecular flexibility index (Phi) is 3.82. The van der Waals surface area contributed by atoms with Gasteiger partial charge in [-0.05, 0) is 25.8 Å². The molecule has 1 aliphatic carbocycles. The summed E-state index contributed by atoms with van der Waals surface area (Å²) in [6.45, 7) is 1.99. The van der Waals surface area contributed by atoms with Crippen molar-refractivity contribution in [1.29, 1.82) is 0 Å². The van der Waals surface area contributed by atoms with Gasteiger partial charge in [-0.2, -0.15) is 0 Å². The van der Waals surface area contributed by atoms with Crippen LogP contribution in [0.3, 0.4) is 0 Å². The molecular weight excluding hydrogens is 225 g/mol.